The van der Waals surface area contributed by atoms with Crippen molar-refractivity contribution >= 4 is 27.3 Å². The van der Waals surface area contributed by atoms with Crippen molar-refractivity contribution < 1.29 is 4.92 Å². The molecule has 2 heterocycles. The van der Waals surface area contributed by atoms with Gasteiger partial charge in [-0.05, 0) is 46.7 Å². The van der Waals surface area contributed by atoms with Gasteiger partial charge in [-0.1, -0.05) is 0 Å². The Balaban J connectivity index is 2.16. The predicted molar refractivity (Wildman–Crippen MR) is 87.7 cm³/mol. The van der Waals surface area contributed by atoms with Crippen LogP contribution in [0.5, 0.6) is 0 Å². The molecule has 0 aliphatic carbocycles. The Bertz CT molecular complexity index is 843. The molecule has 0 fully saturated rings. The first kappa shape index (κ1) is 14.7. The van der Waals surface area contributed by atoms with Gasteiger partial charge in [0.05, 0.1) is 16.3 Å². The van der Waals surface area contributed by atoms with Crippen molar-refractivity contribution in [3.63, 3.8) is 0 Å². The van der Waals surface area contributed by atoms with Crippen LogP contribution in [0.4, 0.5) is 5.69 Å². The lowest BCUT2D eigenvalue weighted by Crippen LogP contribution is -2.06. The molecule has 2 N–H and O–H groups in total. The van der Waals surface area contributed by atoms with Gasteiger partial charge >= 0.3 is 0 Å². The van der Waals surface area contributed by atoms with Gasteiger partial charge in [0.25, 0.3) is 5.69 Å². The van der Waals surface area contributed by atoms with Crippen molar-refractivity contribution in [1.82, 2.24) is 9.38 Å². The average Bonchev–Trinajstić information content (AvgIpc) is 2.86. The van der Waals surface area contributed by atoms with E-state index in [-0.39, 0.29) is 5.69 Å². The summed E-state index contributed by atoms with van der Waals surface area (Å²) < 4.78 is 2.94. The summed E-state index contributed by atoms with van der Waals surface area (Å²) in [6, 6.07) is 10.3. The van der Waals surface area contributed by atoms with Crippen LogP contribution in [-0.2, 0) is 6.42 Å². The van der Waals surface area contributed by atoms with Crippen molar-refractivity contribution in [2.45, 2.75) is 6.42 Å². The quantitative estimate of drug-likeness (QED) is 0.571. The largest absolute Gasteiger partial charge is 0.330 e. The molecule has 0 saturated heterocycles. The van der Waals surface area contributed by atoms with Crippen LogP contribution in [0, 0.1) is 10.1 Å². The minimum Gasteiger partial charge on any atom is -0.330 e. The fourth-order valence-corrected chi connectivity index (χ4v) is 2.75. The highest BCUT2D eigenvalue weighted by atomic mass is 79.9. The third-order valence-electron chi connectivity index (χ3n) is 3.41. The first-order valence-electron chi connectivity index (χ1n) is 6.71. The highest BCUT2D eigenvalue weighted by Gasteiger charge is 2.15. The molecule has 2 aromatic heterocycles. The number of rotatable bonds is 4. The average molecular weight is 361 g/mol. The van der Waals surface area contributed by atoms with Gasteiger partial charge in [-0.15, -0.1) is 0 Å². The van der Waals surface area contributed by atoms with Gasteiger partial charge in [0.2, 0.25) is 0 Å². The van der Waals surface area contributed by atoms with Crippen LogP contribution < -0.4 is 5.73 Å². The Kier molecular flexibility index (Phi) is 3.91. The van der Waals surface area contributed by atoms with E-state index in [1.165, 1.54) is 12.1 Å². The maximum absolute atomic E-state index is 10.8. The molecule has 0 saturated carbocycles. The molecular formula is C15H13BrN4O2. The number of nitrogens with two attached hydrogens (primary N) is 1. The first-order valence-corrected chi connectivity index (χ1v) is 7.51. The van der Waals surface area contributed by atoms with Crippen LogP contribution in [0.1, 0.15) is 5.69 Å². The Labute approximate surface area is 134 Å². The highest BCUT2D eigenvalue weighted by molar-refractivity contribution is 9.10. The Hall–Kier alpha value is -2.25. The number of aromatic nitrogens is 2. The second kappa shape index (κ2) is 5.86. The molecule has 0 aliphatic rings. The van der Waals surface area contributed by atoms with Gasteiger partial charge < -0.3 is 10.1 Å². The third kappa shape index (κ3) is 2.60. The minimum absolute atomic E-state index is 0.0654. The molecule has 7 heteroatoms. The molecule has 3 rings (SSSR count). The lowest BCUT2D eigenvalue weighted by molar-refractivity contribution is -0.384. The van der Waals surface area contributed by atoms with Crippen molar-refractivity contribution in [2.24, 2.45) is 5.73 Å². The standard InChI is InChI=1S/C15H13BrN4O2/c16-11-3-6-14-18-15(13(7-8-17)19(14)9-11)10-1-4-12(5-2-10)20(21)22/h1-6,9H,7-8,17H2. The summed E-state index contributed by atoms with van der Waals surface area (Å²) in [7, 11) is 0. The van der Waals surface area contributed by atoms with Gasteiger partial charge in [-0.25, -0.2) is 4.98 Å². The van der Waals surface area contributed by atoms with E-state index in [9.17, 15) is 10.1 Å². The number of benzene rings is 1. The second-order valence-electron chi connectivity index (χ2n) is 4.83. The fourth-order valence-electron chi connectivity index (χ4n) is 2.42. The molecule has 0 aliphatic heterocycles. The topological polar surface area (TPSA) is 86.5 Å². The second-order valence-corrected chi connectivity index (χ2v) is 5.74. The van der Waals surface area contributed by atoms with E-state index in [1.54, 1.807) is 12.1 Å². The molecule has 0 spiro atoms. The smallest absolute Gasteiger partial charge is 0.269 e. The van der Waals surface area contributed by atoms with E-state index < -0.39 is 4.92 Å². The summed E-state index contributed by atoms with van der Waals surface area (Å²) in [5.74, 6) is 0. The molecule has 0 amide bonds. The molecule has 0 radical (unpaired) electrons. The number of nitrogens with zero attached hydrogens (tertiary/aromatic N) is 3. The molecular weight excluding hydrogens is 348 g/mol. The lowest BCUT2D eigenvalue weighted by atomic mass is 10.1. The monoisotopic (exact) mass is 360 g/mol. The molecule has 22 heavy (non-hydrogen) atoms. The minimum atomic E-state index is -0.411. The van der Waals surface area contributed by atoms with Crippen molar-refractivity contribution in [3.8, 4) is 11.3 Å². The molecule has 0 bridgehead atoms. The van der Waals surface area contributed by atoms with Gasteiger partial charge in [-0.2, -0.15) is 0 Å². The van der Waals surface area contributed by atoms with Crippen LogP contribution in [-0.4, -0.2) is 20.9 Å². The number of pyridine rings is 1. The summed E-state index contributed by atoms with van der Waals surface area (Å²) in [5.41, 5.74) is 9.24. The van der Waals surface area contributed by atoms with E-state index in [2.05, 4.69) is 20.9 Å². The highest BCUT2D eigenvalue weighted by Crippen LogP contribution is 2.27. The van der Waals surface area contributed by atoms with E-state index >= 15 is 0 Å². The van der Waals surface area contributed by atoms with Crippen molar-refractivity contribution in [3.05, 3.63) is 62.9 Å². The van der Waals surface area contributed by atoms with E-state index in [4.69, 9.17) is 5.73 Å². The Morgan fingerprint density at radius 1 is 1.23 bits per heavy atom. The Morgan fingerprint density at radius 3 is 2.59 bits per heavy atom. The summed E-state index contributed by atoms with van der Waals surface area (Å²) in [5, 5.41) is 10.8. The number of hydrogen-bond acceptors (Lipinski definition) is 4. The van der Waals surface area contributed by atoms with Crippen LogP contribution in [0.3, 0.4) is 0 Å². The zero-order valence-electron chi connectivity index (χ0n) is 11.6. The lowest BCUT2D eigenvalue weighted by Gasteiger charge is -2.04. The third-order valence-corrected chi connectivity index (χ3v) is 3.88. The maximum Gasteiger partial charge on any atom is 0.269 e. The number of hydrogen-bond donors (Lipinski definition) is 1. The zero-order chi connectivity index (χ0) is 15.7. The van der Waals surface area contributed by atoms with E-state index in [0.717, 1.165) is 27.1 Å². The summed E-state index contributed by atoms with van der Waals surface area (Å²) in [6.07, 6.45) is 2.62. The molecule has 3 aromatic rings. The normalized spacial score (nSPS) is 11.0. The Morgan fingerprint density at radius 2 is 1.95 bits per heavy atom. The fraction of sp³-hybridized carbons (Fsp3) is 0.133. The van der Waals surface area contributed by atoms with E-state index in [0.29, 0.717) is 13.0 Å². The van der Waals surface area contributed by atoms with Crippen LogP contribution >= 0.6 is 15.9 Å². The number of nitro benzene ring substituents is 1. The summed E-state index contributed by atoms with van der Waals surface area (Å²) in [4.78, 5) is 15.0. The molecule has 6 nitrogen and oxygen atoms in total. The van der Waals surface area contributed by atoms with Gasteiger partial charge in [0, 0.05) is 34.8 Å². The SMILES string of the molecule is NCCc1c(-c2ccc([N+](=O)[O-])cc2)nc2ccc(Br)cn12. The van der Waals surface area contributed by atoms with Gasteiger partial charge in [0.15, 0.2) is 0 Å². The number of fused-ring (bicyclic) bond motifs is 1. The first-order chi connectivity index (χ1) is 10.6. The predicted octanol–water partition coefficient (Wildman–Crippen LogP) is 3.17. The summed E-state index contributed by atoms with van der Waals surface area (Å²) in [6.45, 7) is 0.500. The zero-order valence-corrected chi connectivity index (χ0v) is 13.2. The van der Waals surface area contributed by atoms with E-state index in [1.807, 2.05) is 22.7 Å². The number of halogens is 1. The van der Waals surface area contributed by atoms with Crippen LogP contribution in [0.2, 0.25) is 0 Å². The molecule has 0 atom stereocenters. The molecule has 1 aromatic carbocycles. The number of nitro groups is 1. The number of non-ortho nitro benzene ring substituents is 1. The number of imidazole rings is 1. The van der Waals surface area contributed by atoms with Crippen LogP contribution in [0.15, 0.2) is 47.1 Å². The van der Waals surface area contributed by atoms with Crippen LogP contribution in [0.25, 0.3) is 16.9 Å². The van der Waals surface area contributed by atoms with Crippen molar-refractivity contribution in [1.29, 1.82) is 0 Å². The van der Waals surface area contributed by atoms with Crippen molar-refractivity contribution in [2.75, 3.05) is 6.54 Å². The maximum atomic E-state index is 10.8. The summed E-state index contributed by atoms with van der Waals surface area (Å²) >= 11 is 3.45. The molecule has 0 unspecified atom stereocenters. The van der Waals surface area contributed by atoms with Gasteiger partial charge in [-0.3, -0.25) is 10.1 Å². The molecule has 112 valence electrons. The van der Waals surface area contributed by atoms with Gasteiger partial charge in [0.1, 0.15) is 5.65 Å².